The van der Waals surface area contributed by atoms with Gasteiger partial charge < -0.3 is 10.4 Å². The van der Waals surface area contributed by atoms with Crippen molar-refractivity contribution in [2.45, 2.75) is 6.42 Å². The molecule has 0 bridgehead atoms. The number of benzene rings is 2. The van der Waals surface area contributed by atoms with E-state index in [-0.39, 0.29) is 12.0 Å². The molecule has 1 amide bonds. The van der Waals surface area contributed by atoms with Crippen molar-refractivity contribution in [3.63, 3.8) is 0 Å². The first kappa shape index (κ1) is 15.4. The zero-order valence-electron chi connectivity index (χ0n) is 10.8. The quantitative estimate of drug-likeness (QED) is 0.897. The van der Waals surface area contributed by atoms with E-state index in [2.05, 4.69) is 5.32 Å². The van der Waals surface area contributed by atoms with E-state index in [1.165, 1.54) is 6.07 Å². The first-order valence-corrected chi connectivity index (χ1v) is 6.79. The van der Waals surface area contributed by atoms with Crippen molar-refractivity contribution in [1.82, 2.24) is 0 Å². The van der Waals surface area contributed by atoms with Gasteiger partial charge in [0.1, 0.15) is 0 Å². The van der Waals surface area contributed by atoms with E-state index < -0.39 is 11.9 Å². The summed E-state index contributed by atoms with van der Waals surface area (Å²) in [7, 11) is 0. The summed E-state index contributed by atoms with van der Waals surface area (Å²) >= 11 is 11.9. The van der Waals surface area contributed by atoms with Crippen LogP contribution in [0.1, 0.15) is 15.9 Å². The highest BCUT2D eigenvalue weighted by atomic mass is 35.5. The van der Waals surface area contributed by atoms with Crippen LogP contribution in [0.4, 0.5) is 5.69 Å². The zero-order chi connectivity index (χ0) is 15.4. The summed E-state index contributed by atoms with van der Waals surface area (Å²) in [6.45, 7) is 0. The summed E-state index contributed by atoms with van der Waals surface area (Å²) in [5.74, 6) is -1.46. The maximum Gasteiger partial charge on any atom is 0.335 e. The number of carbonyl (C=O) groups excluding carboxylic acids is 1. The second-order valence-corrected chi connectivity index (χ2v) is 5.10. The molecule has 0 aliphatic heterocycles. The fraction of sp³-hybridized carbons (Fsp3) is 0.0667. The summed E-state index contributed by atoms with van der Waals surface area (Å²) in [5.41, 5.74) is 0.835. The number of amides is 1. The van der Waals surface area contributed by atoms with Gasteiger partial charge in [-0.1, -0.05) is 47.5 Å². The van der Waals surface area contributed by atoms with Crippen molar-refractivity contribution in [3.05, 3.63) is 63.6 Å². The summed E-state index contributed by atoms with van der Waals surface area (Å²) in [5, 5.41) is 12.3. The van der Waals surface area contributed by atoms with Gasteiger partial charge in [-0.2, -0.15) is 0 Å². The Hall–Kier alpha value is -2.04. The third kappa shape index (κ3) is 3.74. The van der Waals surface area contributed by atoms with E-state index in [0.717, 1.165) is 0 Å². The maximum atomic E-state index is 12.0. The topological polar surface area (TPSA) is 66.4 Å². The number of carbonyl (C=O) groups is 2. The number of carboxylic acids is 1. The van der Waals surface area contributed by atoms with Gasteiger partial charge in [0.15, 0.2) is 0 Å². The molecule has 6 heteroatoms. The van der Waals surface area contributed by atoms with Crippen molar-refractivity contribution in [3.8, 4) is 0 Å². The van der Waals surface area contributed by atoms with Crippen molar-refractivity contribution >= 4 is 40.8 Å². The Labute approximate surface area is 131 Å². The van der Waals surface area contributed by atoms with Gasteiger partial charge in [0.25, 0.3) is 0 Å². The van der Waals surface area contributed by atoms with Gasteiger partial charge in [-0.05, 0) is 23.8 Å². The molecule has 0 saturated carbocycles. The lowest BCUT2D eigenvalue weighted by atomic mass is 10.0. The van der Waals surface area contributed by atoms with Crippen LogP contribution in [0.3, 0.4) is 0 Å². The Kier molecular flexibility index (Phi) is 4.83. The van der Waals surface area contributed by atoms with Crippen LogP contribution in [0.5, 0.6) is 0 Å². The van der Waals surface area contributed by atoms with Crippen molar-refractivity contribution < 1.29 is 14.7 Å². The van der Waals surface area contributed by atoms with Gasteiger partial charge in [0.05, 0.1) is 27.7 Å². The highest BCUT2D eigenvalue weighted by molar-refractivity contribution is 6.39. The van der Waals surface area contributed by atoms with Crippen LogP contribution < -0.4 is 5.32 Å². The second-order valence-electron chi connectivity index (χ2n) is 4.28. The predicted octanol–water partition coefficient (Wildman–Crippen LogP) is 3.87. The molecule has 0 fully saturated rings. The van der Waals surface area contributed by atoms with Crippen LogP contribution in [0.2, 0.25) is 10.0 Å². The highest BCUT2D eigenvalue weighted by Gasteiger charge is 2.14. The summed E-state index contributed by atoms with van der Waals surface area (Å²) in [6.07, 6.45) is -0.0793. The third-order valence-corrected chi connectivity index (χ3v) is 3.46. The molecule has 0 radical (unpaired) electrons. The third-order valence-electron chi connectivity index (χ3n) is 2.83. The van der Waals surface area contributed by atoms with E-state index in [0.29, 0.717) is 21.3 Å². The minimum absolute atomic E-state index is 0.0793. The zero-order valence-corrected chi connectivity index (χ0v) is 12.3. The van der Waals surface area contributed by atoms with Crippen LogP contribution in [0.25, 0.3) is 0 Å². The molecule has 0 aliphatic rings. The largest absolute Gasteiger partial charge is 0.478 e. The molecule has 0 saturated heterocycles. The minimum atomic E-state index is -1.07. The lowest BCUT2D eigenvalue weighted by molar-refractivity contribution is -0.115. The molecular formula is C15H11Cl2NO3. The summed E-state index contributed by atoms with van der Waals surface area (Å²) < 4.78 is 0. The molecular weight excluding hydrogens is 313 g/mol. The molecule has 0 unspecified atom stereocenters. The number of hydrogen-bond acceptors (Lipinski definition) is 2. The normalized spacial score (nSPS) is 10.2. The predicted molar refractivity (Wildman–Crippen MR) is 82.2 cm³/mol. The number of halogens is 2. The summed E-state index contributed by atoms with van der Waals surface area (Å²) in [4.78, 5) is 23.1. The van der Waals surface area contributed by atoms with Gasteiger partial charge in [-0.25, -0.2) is 4.79 Å². The van der Waals surface area contributed by atoms with Gasteiger partial charge in [0.2, 0.25) is 5.91 Å². The average Bonchev–Trinajstić information content (AvgIpc) is 2.43. The number of carboxylic acid groups (broad SMARTS) is 1. The smallest absolute Gasteiger partial charge is 0.335 e. The molecule has 2 N–H and O–H groups in total. The first-order valence-electron chi connectivity index (χ1n) is 6.04. The standard InChI is InChI=1S/C15H11Cl2NO3/c16-11-6-3-7-12(17)14(11)18-13(19)8-9-4-1-2-5-10(9)15(20)21/h1-7H,8H2,(H,18,19)(H,20,21). The van der Waals surface area contributed by atoms with Crippen LogP contribution in [-0.2, 0) is 11.2 Å². The molecule has 2 rings (SSSR count). The fourth-order valence-electron chi connectivity index (χ4n) is 1.86. The average molecular weight is 324 g/mol. The molecule has 2 aromatic rings. The van der Waals surface area contributed by atoms with E-state index >= 15 is 0 Å². The maximum absolute atomic E-state index is 12.0. The molecule has 4 nitrogen and oxygen atoms in total. The molecule has 108 valence electrons. The monoisotopic (exact) mass is 323 g/mol. The Morgan fingerprint density at radius 2 is 1.62 bits per heavy atom. The van der Waals surface area contributed by atoms with E-state index in [1.807, 2.05) is 0 Å². The first-order chi connectivity index (χ1) is 9.99. The Bertz CT molecular complexity index is 681. The van der Waals surface area contributed by atoms with Crippen molar-refractivity contribution in [2.24, 2.45) is 0 Å². The van der Waals surface area contributed by atoms with Crippen LogP contribution >= 0.6 is 23.2 Å². The van der Waals surface area contributed by atoms with Gasteiger partial charge in [0, 0.05) is 0 Å². The van der Waals surface area contributed by atoms with Crippen LogP contribution in [0, 0.1) is 0 Å². The number of anilines is 1. The lowest BCUT2D eigenvalue weighted by Crippen LogP contribution is -2.17. The minimum Gasteiger partial charge on any atom is -0.478 e. The second kappa shape index (κ2) is 6.61. The lowest BCUT2D eigenvalue weighted by Gasteiger charge is -2.10. The van der Waals surface area contributed by atoms with E-state index in [4.69, 9.17) is 28.3 Å². The number of para-hydroxylation sites is 1. The SMILES string of the molecule is O=C(Cc1ccccc1C(=O)O)Nc1c(Cl)cccc1Cl. The molecule has 0 atom stereocenters. The van der Waals surface area contributed by atoms with E-state index in [1.54, 1.807) is 36.4 Å². The van der Waals surface area contributed by atoms with Crippen molar-refractivity contribution in [1.29, 1.82) is 0 Å². The Morgan fingerprint density at radius 3 is 2.24 bits per heavy atom. The highest BCUT2D eigenvalue weighted by Crippen LogP contribution is 2.29. The molecule has 0 aromatic heterocycles. The number of nitrogens with one attached hydrogen (secondary N) is 1. The molecule has 0 heterocycles. The number of aromatic carboxylic acids is 1. The fourth-order valence-corrected chi connectivity index (χ4v) is 2.35. The van der Waals surface area contributed by atoms with E-state index in [9.17, 15) is 9.59 Å². The number of rotatable bonds is 4. The molecule has 0 aliphatic carbocycles. The van der Waals surface area contributed by atoms with Gasteiger partial charge in [-0.3, -0.25) is 4.79 Å². The summed E-state index contributed by atoms with van der Waals surface area (Å²) in [6, 6.07) is 11.2. The van der Waals surface area contributed by atoms with Crippen LogP contribution in [0.15, 0.2) is 42.5 Å². The van der Waals surface area contributed by atoms with Crippen molar-refractivity contribution in [2.75, 3.05) is 5.32 Å². The molecule has 21 heavy (non-hydrogen) atoms. The van der Waals surface area contributed by atoms with Crippen LogP contribution in [-0.4, -0.2) is 17.0 Å². The van der Waals surface area contributed by atoms with Gasteiger partial charge in [-0.15, -0.1) is 0 Å². The Morgan fingerprint density at radius 1 is 1.00 bits per heavy atom. The Balaban J connectivity index is 2.18. The van der Waals surface area contributed by atoms with Gasteiger partial charge >= 0.3 is 5.97 Å². The molecule has 0 spiro atoms. The number of hydrogen-bond donors (Lipinski definition) is 2. The molecule has 2 aromatic carbocycles.